The molecule has 0 aromatic heterocycles. The minimum Gasteiger partial charge on any atom is -0.0953 e. The Morgan fingerprint density at radius 1 is 1.03 bits per heavy atom. The predicted octanol–water partition coefficient (Wildman–Crippen LogP) is 9.16. The quantitative estimate of drug-likeness (QED) is 0.398. The van der Waals surface area contributed by atoms with Gasteiger partial charge in [-0.3, -0.25) is 0 Å². The molecule has 0 heterocycles. The number of hydrogen-bond acceptors (Lipinski definition) is 0. The number of fused-ring (bicyclic) bond motifs is 1. The van der Waals surface area contributed by atoms with E-state index in [1.807, 2.05) is 0 Å². The summed E-state index contributed by atoms with van der Waals surface area (Å²) in [5.74, 6) is 5.17. The Labute approximate surface area is 188 Å². The normalized spacial score (nSPS) is 39.8. The number of rotatable bonds is 5. The zero-order valence-electron chi connectivity index (χ0n) is 21.0. The van der Waals surface area contributed by atoms with Crippen molar-refractivity contribution >= 4 is 0 Å². The molecule has 3 saturated carbocycles. The van der Waals surface area contributed by atoms with Gasteiger partial charge in [0.25, 0.3) is 0 Å². The van der Waals surface area contributed by atoms with Crippen LogP contribution in [-0.2, 0) is 0 Å². The van der Waals surface area contributed by atoms with E-state index in [-0.39, 0.29) is 0 Å². The van der Waals surface area contributed by atoms with Gasteiger partial charge in [0.15, 0.2) is 0 Å². The summed E-state index contributed by atoms with van der Waals surface area (Å²) in [5.41, 5.74) is 5.14. The van der Waals surface area contributed by atoms with E-state index in [9.17, 15) is 0 Å². The van der Waals surface area contributed by atoms with Crippen LogP contribution in [0, 0.1) is 46.8 Å². The van der Waals surface area contributed by atoms with E-state index in [0.29, 0.717) is 23.2 Å². The van der Waals surface area contributed by atoms with Crippen molar-refractivity contribution in [2.45, 2.75) is 93.4 Å². The van der Waals surface area contributed by atoms with Gasteiger partial charge in [0, 0.05) is 0 Å². The Hall–Kier alpha value is -1.04. The zero-order chi connectivity index (χ0) is 22.1. The summed E-state index contributed by atoms with van der Waals surface area (Å²) in [6, 6.07) is 0. The molecule has 0 radical (unpaired) electrons. The first kappa shape index (κ1) is 23.6. The molecule has 1 unspecified atom stereocenters. The Balaban J connectivity index is 1.76. The molecule has 3 aliphatic carbocycles. The molecule has 0 nitrogen and oxygen atoms in total. The fourth-order valence-electron chi connectivity index (χ4n) is 6.88. The molecule has 168 valence electrons. The summed E-state index contributed by atoms with van der Waals surface area (Å²) >= 11 is 0. The van der Waals surface area contributed by atoms with Crippen LogP contribution in [0.15, 0.2) is 47.6 Å². The average Bonchev–Trinajstić information content (AvgIpc) is 3.04. The second-order valence-corrected chi connectivity index (χ2v) is 11.8. The Bertz CT molecular complexity index is 702. The lowest BCUT2D eigenvalue weighted by Gasteiger charge is -2.44. The van der Waals surface area contributed by atoms with Crippen molar-refractivity contribution in [3.05, 3.63) is 47.6 Å². The van der Waals surface area contributed by atoms with Crippen molar-refractivity contribution in [1.82, 2.24) is 0 Å². The van der Waals surface area contributed by atoms with Gasteiger partial charge < -0.3 is 0 Å². The van der Waals surface area contributed by atoms with Gasteiger partial charge in [-0.2, -0.15) is 0 Å². The third-order valence-electron chi connectivity index (χ3n) is 9.27. The molecule has 3 fully saturated rings. The van der Waals surface area contributed by atoms with Crippen molar-refractivity contribution < 1.29 is 0 Å². The first-order chi connectivity index (χ1) is 14.1. The molecule has 30 heavy (non-hydrogen) atoms. The van der Waals surface area contributed by atoms with Gasteiger partial charge in [-0.1, -0.05) is 84.9 Å². The lowest BCUT2D eigenvalue weighted by Crippen LogP contribution is -2.35. The maximum absolute atomic E-state index is 4.43. The van der Waals surface area contributed by atoms with Crippen LogP contribution in [-0.4, -0.2) is 0 Å². The SMILES string of the molecule is C=C1/C(=C/C=C2\CCC[C@]3(C)C([C@H](C)/C=C/[C@H](C)C(C)C)CC[C@@H]23)C[C@H](C)C[C@@H]1C. The molecule has 0 saturated heterocycles. The molecule has 0 bridgehead atoms. The highest BCUT2D eigenvalue weighted by atomic mass is 14.5. The minimum atomic E-state index is 0.484. The van der Waals surface area contributed by atoms with E-state index < -0.39 is 0 Å². The van der Waals surface area contributed by atoms with E-state index in [0.717, 1.165) is 23.7 Å². The summed E-state index contributed by atoms with van der Waals surface area (Å²) < 4.78 is 0. The number of hydrogen-bond donors (Lipinski definition) is 0. The lowest BCUT2D eigenvalue weighted by atomic mass is 9.61. The standard InChI is InChI=1S/C30H48/c1-20(2)22(4)11-12-23(5)28-15-16-29-26(10-9-17-30(28,29)8)13-14-27-19-21(3)18-24(6)25(27)7/h11-14,20-24,28-29H,7,9-10,15-19H2,1-6,8H3/b12-11+,26-13+,27-14+/t21-,22+,23-,24+,28?,29+,30-/m1/s1. The van der Waals surface area contributed by atoms with Crippen LogP contribution in [0.1, 0.15) is 93.4 Å². The Kier molecular flexibility index (Phi) is 7.57. The lowest BCUT2D eigenvalue weighted by molar-refractivity contribution is 0.112. The summed E-state index contributed by atoms with van der Waals surface area (Å²) in [6.45, 7) is 21.3. The molecule has 0 amide bonds. The van der Waals surface area contributed by atoms with E-state index in [4.69, 9.17) is 0 Å². The first-order valence-corrected chi connectivity index (χ1v) is 12.9. The highest BCUT2D eigenvalue weighted by Gasteiger charge is 2.50. The molecule has 7 atom stereocenters. The third-order valence-corrected chi connectivity index (χ3v) is 9.27. The van der Waals surface area contributed by atoms with Crippen molar-refractivity contribution in [3.63, 3.8) is 0 Å². The van der Waals surface area contributed by atoms with Crippen molar-refractivity contribution in [2.75, 3.05) is 0 Å². The van der Waals surface area contributed by atoms with Crippen molar-refractivity contribution in [3.8, 4) is 0 Å². The molecule has 0 heteroatoms. The van der Waals surface area contributed by atoms with Gasteiger partial charge in [0.2, 0.25) is 0 Å². The van der Waals surface area contributed by atoms with Crippen LogP contribution in [0.2, 0.25) is 0 Å². The first-order valence-electron chi connectivity index (χ1n) is 12.9. The van der Waals surface area contributed by atoms with E-state index in [1.165, 1.54) is 56.1 Å². The molecule has 0 N–H and O–H groups in total. The molecular formula is C30H48. The largest absolute Gasteiger partial charge is 0.0953 e. The van der Waals surface area contributed by atoms with Gasteiger partial charge in [-0.05, 0) is 103 Å². The summed E-state index contributed by atoms with van der Waals surface area (Å²) in [4.78, 5) is 0. The summed E-state index contributed by atoms with van der Waals surface area (Å²) in [7, 11) is 0. The van der Waals surface area contributed by atoms with Gasteiger partial charge in [0.05, 0.1) is 0 Å². The maximum atomic E-state index is 4.43. The minimum absolute atomic E-state index is 0.484. The summed E-state index contributed by atoms with van der Waals surface area (Å²) in [6.07, 6.45) is 19.4. The van der Waals surface area contributed by atoms with Gasteiger partial charge >= 0.3 is 0 Å². The number of allylic oxidation sites excluding steroid dienone is 7. The van der Waals surface area contributed by atoms with Crippen molar-refractivity contribution in [1.29, 1.82) is 0 Å². The van der Waals surface area contributed by atoms with Gasteiger partial charge in [-0.25, -0.2) is 0 Å². The van der Waals surface area contributed by atoms with Crippen LogP contribution in [0.5, 0.6) is 0 Å². The monoisotopic (exact) mass is 408 g/mol. The van der Waals surface area contributed by atoms with Crippen LogP contribution in [0.25, 0.3) is 0 Å². The fourth-order valence-corrected chi connectivity index (χ4v) is 6.88. The molecule has 0 aromatic carbocycles. The topological polar surface area (TPSA) is 0 Å². The zero-order valence-corrected chi connectivity index (χ0v) is 21.0. The van der Waals surface area contributed by atoms with Gasteiger partial charge in [0.1, 0.15) is 0 Å². The van der Waals surface area contributed by atoms with Crippen LogP contribution < -0.4 is 0 Å². The second kappa shape index (κ2) is 9.62. The van der Waals surface area contributed by atoms with Crippen LogP contribution in [0.3, 0.4) is 0 Å². The van der Waals surface area contributed by atoms with E-state index in [1.54, 1.807) is 5.57 Å². The highest BCUT2D eigenvalue weighted by Crippen LogP contribution is 2.59. The highest BCUT2D eigenvalue weighted by molar-refractivity contribution is 5.37. The second-order valence-electron chi connectivity index (χ2n) is 11.8. The Morgan fingerprint density at radius 2 is 1.77 bits per heavy atom. The molecule has 0 aliphatic heterocycles. The van der Waals surface area contributed by atoms with Crippen molar-refractivity contribution in [2.24, 2.45) is 46.8 Å². The van der Waals surface area contributed by atoms with Crippen LogP contribution in [0.4, 0.5) is 0 Å². The average molecular weight is 409 g/mol. The summed E-state index contributed by atoms with van der Waals surface area (Å²) in [5, 5.41) is 0. The molecular weight excluding hydrogens is 360 g/mol. The van der Waals surface area contributed by atoms with E-state index in [2.05, 4.69) is 79.3 Å². The van der Waals surface area contributed by atoms with Gasteiger partial charge in [-0.15, -0.1) is 0 Å². The molecule has 3 aliphatic rings. The maximum Gasteiger partial charge on any atom is -0.0143 e. The fraction of sp³-hybridized carbons (Fsp3) is 0.733. The third kappa shape index (κ3) is 4.89. The van der Waals surface area contributed by atoms with E-state index >= 15 is 0 Å². The predicted molar refractivity (Wildman–Crippen MR) is 133 cm³/mol. The van der Waals surface area contributed by atoms with Crippen LogP contribution >= 0.6 is 0 Å². The molecule has 3 rings (SSSR count). The molecule has 0 spiro atoms. The Morgan fingerprint density at radius 3 is 2.47 bits per heavy atom. The molecule has 0 aromatic rings. The smallest absolute Gasteiger partial charge is 0.0143 e.